The van der Waals surface area contributed by atoms with Crippen LogP contribution in [0.2, 0.25) is 0 Å². The third-order valence-corrected chi connectivity index (χ3v) is 7.93. The Kier molecular flexibility index (Phi) is 7.08. The molecule has 3 amide bonds. The molecule has 4 rings (SSSR count). The number of phenols is 1. The van der Waals surface area contributed by atoms with Crippen molar-refractivity contribution >= 4 is 34.0 Å². The van der Waals surface area contributed by atoms with Gasteiger partial charge in [0.15, 0.2) is 0 Å². The van der Waals surface area contributed by atoms with Gasteiger partial charge in [-0.15, -0.1) is 0 Å². The van der Waals surface area contributed by atoms with Gasteiger partial charge in [0.25, 0.3) is 5.91 Å². The number of carbonyl (C=O) groups is 2. The number of anilines is 2. The molecule has 2 aromatic carbocycles. The van der Waals surface area contributed by atoms with Gasteiger partial charge < -0.3 is 10.4 Å². The number of urea groups is 1. The predicted octanol–water partition coefficient (Wildman–Crippen LogP) is 6.27. The van der Waals surface area contributed by atoms with Crippen molar-refractivity contribution in [3.63, 3.8) is 0 Å². The van der Waals surface area contributed by atoms with Gasteiger partial charge in [0.1, 0.15) is 5.75 Å². The standard InChI is InChI=1S/C29H36N4O3S/c1-28(2,3)23-16-21(17-24(25(23)34)29(4,5)6)32-13-14-33(27(32)36)26(35)19-9-11-20(12-10-19)31-18-22-8-7-15-37(22)30/h7-12,15-17,30-31,34H,13-14,18H2,1-6H3. The minimum Gasteiger partial charge on any atom is -0.507 e. The van der Waals surface area contributed by atoms with Crippen LogP contribution in [0.5, 0.6) is 5.75 Å². The fourth-order valence-corrected chi connectivity index (χ4v) is 5.35. The van der Waals surface area contributed by atoms with Crippen LogP contribution in [0.15, 0.2) is 58.9 Å². The third kappa shape index (κ3) is 5.49. The average Bonchev–Trinajstić information content (AvgIpc) is 3.41. The number of allylic oxidation sites excluding steroid dienone is 2. The number of imide groups is 1. The molecule has 1 fully saturated rings. The number of phenolic OH excluding ortho intramolecular Hbond substituents is 1. The quantitative estimate of drug-likeness (QED) is 0.433. The summed E-state index contributed by atoms with van der Waals surface area (Å²) in [4.78, 5) is 30.6. The second-order valence-corrected chi connectivity index (χ2v) is 13.0. The first-order valence-corrected chi connectivity index (χ1v) is 13.7. The second kappa shape index (κ2) is 9.82. The van der Waals surface area contributed by atoms with Gasteiger partial charge in [0.2, 0.25) is 0 Å². The lowest BCUT2D eigenvalue weighted by Gasteiger charge is -2.30. The number of nitrogens with zero attached hydrogens (tertiary/aromatic N) is 2. The molecule has 2 heterocycles. The maximum absolute atomic E-state index is 13.4. The van der Waals surface area contributed by atoms with Crippen molar-refractivity contribution in [2.45, 2.75) is 52.4 Å². The van der Waals surface area contributed by atoms with Crippen LogP contribution in [0.4, 0.5) is 16.2 Å². The van der Waals surface area contributed by atoms with Gasteiger partial charge in [-0.1, -0.05) is 58.3 Å². The first-order valence-electron chi connectivity index (χ1n) is 12.4. The average molecular weight is 521 g/mol. The van der Waals surface area contributed by atoms with E-state index in [4.69, 9.17) is 4.78 Å². The molecule has 196 valence electrons. The summed E-state index contributed by atoms with van der Waals surface area (Å²) < 4.78 is 7.97. The van der Waals surface area contributed by atoms with Crippen LogP contribution in [0, 0.1) is 4.78 Å². The van der Waals surface area contributed by atoms with Crippen molar-refractivity contribution in [3.8, 4) is 5.75 Å². The molecule has 0 aliphatic carbocycles. The lowest BCUT2D eigenvalue weighted by atomic mass is 9.79. The molecule has 3 N–H and O–H groups in total. The number of amides is 3. The lowest BCUT2D eigenvalue weighted by molar-refractivity contribution is 0.0830. The summed E-state index contributed by atoms with van der Waals surface area (Å²) in [6.07, 6.45) is 3.85. The number of rotatable bonds is 5. The van der Waals surface area contributed by atoms with Gasteiger partial charge in [0.05, 0.1) is 0 Å². The summed E-state index contributed by atoms with van der Waals surface area (Å²) in [5, 5.41) is 16.2. The number of carbonyl (C=O) groups excluding carboxylic acids is 2. The molecule has 8 heteroatoms. The van der Waals surface area contributed by atoms with E-state index in [1.165, 1.54) is 4.90 Å². The number of hydrogen-bond acceptors (Lipinski definition) is 5. The van der Waals surface area contributed by atoms with Gasteiger partial charge in [-0.2, -0.15) is 0 Å². The second-order valence-electron chi connectivity index (χ2n) is 11.5. The smallest absolute Gasteiger partial charge is 0.331 e. The molecule has 0 aromatic heterocycles. The van der Waals surface area contributed by atoms with Crippen LogP contribution in [0.1, 0.15) is 63.0 Å². The molecule has 0 saturated carbocycles. The van der Waals surface area contributed by atoms with Gasteiger partial charge in [0, 0.05) is 52.6 Å². The van der Waals surface area contributed by atoms with E-state index in [0.29, 0.717) is 30.9 Å². The van der Waals surface area contributed by atoms with Gasteiger partial charge in [-0.25, -0.2) is 4.79 Å². The predicted molar refractivity (Wildman–Crippen MR) is 152 cm³/mol. The summed E-state index contributed by atoms with van der Waals surface area (Å²) in [5.41, 5.74) is 2.90. The van der Waals surface area contributed by atoms with Crippen molar-refractivity contribution < 1.29 is 14.7 Å². The zero-order valence-corrected chi connectivity index (χ0v) is 23.2. The molecule has 0 bridgehead atoms. The summed E-state index contributed by atoms with van der Waals surface area (Å²) in [5.74, 6) is -0.0726. The number of aromatic hydroxyl groups is 1. The fraction of sp³-hybridized carbons (Fsp3) is 0.379. The molecule has 1 saturated heterocycles. The van der Waals surface area contributed by atoms with Crippen molar-refractivity contribution in [2.24, 2.45) is 0 Å². The molecule has 2 aliphatic rings. The van der Waals surface area contributed by atoms with Crippen LogP contribution in [-0.4, -0.2) is 41.6 Å². The zero-order valence-electron chi connectivity index (χ0n) is 22.4. The molecule has 1 atom stereocenters. The molecule has 0 radical (unpaired) electrons. The van der Waals surface area contributed by atoms with E-state index in [2.05, 4.69) is 5.32 Å². The number of hydrogen-bond donors (Lipinski definition) is 3. The van der Waals surface area contributed by atoms with Gasteiger partial charge in [-0.3, -0.25) is 19.4 Å². The Bertz CT molecular complexity index is 1280. The number of benzene rings is 2. The van der Waals surface area contributed by atoms with Crippen molar-refractivity contribution in [2.75, 3.05) is 29.9 Å². The molecule has 2 aromatic rings. The molecule has 2 aliphatic heterocycles. The van der Waals surface area contributed by atoms with E-state index in [-0.39, 0.29) is 28.5 Å². The van der Waals surface area contributed by atoms with E-state index in [9.17, 15) is 14.7 Å². The Labute approximate surface area is 221 Å². The fourth-order valence-electron chi connectivity index (χ4n) is 4.48. The molecule has 37 heavy (non-hydrogen) atoms. The first-order chi connectivity index (χ1) is 17.3. The minimum absolute atomic E-state index is 0.260. The normalized spacial score (nSPS) is 17.9. The molecular weight excluding hydrogens is 484 g/mol. The monoisotopic (exact) mass is 520 g/mol. The van der Waals surface area contributed by atoms with Crippen molar-refractivity contribution in [3.05, 3.63) is 75.6 Å². The van der Waals surface area contributed by atoms with Crippen LogP contribution in [0.25, 0.3) is 0 Å². The Morgan fingerprint density at radius 2 is 1.62 bits per heavy atom. The molecular formula is C29H36N4O3S. The lowest BCUT2D eigenvalue weighted by Crippen LogP contribution is -2.36. The maximum atomic E-state index is 13.4. The maximum Gasteiger partial charge on any atom is 0.331 e. The topological polar surface area (TPSA) is 96.7 Å². The van der Waals surface area contributed by atoms with Crippen LogP contribution < -0.4 is 10.2 Å². The first kappa shape index (κ1) is 26.7. The summed E-state index contributed by atoms with van der Waals surface area (Å²) in [6, 6.07) is 10.5. The highest BCUT2D eigenvalue weighted by molar-refractivity contribution is 7.93. The van der Waals surface area contributed by atoms with Gasteiger partial charge in [-0.05, 0) is 58.7 Å². The zero-order chi connectivity index (χ0) is 27.1. The van der Waals surface area contributed by atoms with Crippen LogP contribution >= 0.6 is 0 Å². The minimum atomic E-state index is -0.585. The summed E-state index contributed by atoms with van der Waals surface area (Å²) in [6.45, 7) is 13.5. The van der Waals surface area contributed by atoms with Crippen molar-refractivity contribution in [1.82, 2.24) is 4.90 Å². The highest BCUT2D eigenvalue weighted by atomic mass is 32.2. The Morgan fingerprint density at radius 3 is 2.14 bits per heavy atom. The third-order valence-electron chi connectivity index (χ3n) is 6.65. The van der Waals surface area contributed by atoms with E-state index in [1.54, 1.807) is 17.0 Å². The van der Waals surface area contributed by atoms with E-state index in [0.717, 1.165) is 21.7 Å². The number of nitrogens with one attached hydrogen (secondary N) is 2. The highest BCUT2D eigenvalue weighted by Gasteiger charge is 2.36. The Hall–Kier alpha value is -3.39. The largest absolute Gasteiger partial charge is 0.507 e. The van der Waals surface area contributed by atoms with E-state index in [1.807, 2.05) is 83.4 Å². The van der Waals surface area contributed by atoms with Crippen LogP contribution in [-0.2, 0) is 21.5 Å². The van der Waals surface area contributed by atoms with Gasteiger partial charge >= 0.3 is 6.03 Å². The molecule has 1 unspecified atom stereocenters. The van der Waals surface area contributed by atoms with E-state index < -0.39 is 10.7 Å². The molecule has 0 spiro atoms. The Morgan fingerprint density at radius 1 is 1.03 bits per heavy atom. The summed E-state index contributed by atoms with van der Waals surface area (Å²) in [7, 11) is -0.585. The highest BCUT2D eigenvalue weighted by Crippen LogP contribution is 2.42. The van der Waals surface area contributed by atoms with Crippen molar-refractivity contribution in [1.29, 1.82) is 4.78 Å². The summed E-state index contributed by atoms with van der Waals surface area (Å²) >= 11 is 0. The van der Waals surface area contributed by atoms with E-state index >= 15 is 0 Å². The molecule has 7 nitrogen and oxygen atoms in total. The van der Waals surface area contributed by atoms with Crippen LogP contribution in [0.3, 0.4) is 0 Å². The Balaban J connectivity index is 1.52. The SMILES string of the molecule is CC(C)(C)c1cc(N2CCN(C(=O)c3ccc(NCC4=CC=CS4=N)cc3)C2=O)cc(C(C)(C)C)c1O.